The van der Waals surface area contributed by atoms with Crippen molar-refractivity contribution in [3.63, 3.8) is 0 Å². The van der Waals surface area contributed by atoms with Gasteiger partial charge in [-0.2, -0.15) is 0 Å². The second kappa shape index (κ2) is 7.56. The molecule has 4 nitrogen and oxygen atoms in total. The van der Waals surface area contributed by atoms with E-state index in [-0.39, 0.29) is 30.8 Å². The molecule has 0 aromatic carbocycles. The van der Waals surface area contributed by atoms with Gasteiger partial charge in [0.25, 0.3) is 0 Å². The van der Waals surface area contributed by atoms with Crippen molar-refractivity contribution in [1.82, 2.24) is 4.90 Å². The van der Waals surface area contributed by atoms with Crippen LogP contribution in [-0.2, 0) is 9.59 Å². The molecule has 4 heteroatoms. The molecule has 1 amide bonds. The summed E-state index contributed by atoms with van der Waals surface area (Å²) in [6.07, 6.45) is 9.77. The summed E-state index contributed by atoms with van der Waals surface area (Å²) in [7, 11) is 0. The van der Waals surface area contributed by atoms with Crippen molar-refractivity contribution in [2.75, 3.05) is 0 Å². The predicted molar refractivity (Wildman–Crippen MR) is 74.7 cm³/mol. The molecule has 19 heavy (non-hydrogen) atoms. The van der Waals surface area contributed by atoms with Crippen LogP contribution in [0.2, 0.25) is 0 Å². The fraction of sp³-hybridized carbons (Fsp3) is 0.467. The zero-order valence-electron chi connectivity index (χ0n) is 11.1. The molecule has 1 N–H and O–H groups in total. The fourth-order valence-electron chi connectivity index (χ4n) is 2.37. The number of carbonyl (C=O) groups excluding carboxylic acids is 1. The second-order valence-corrected chi connectivity index (χ2v) is 4.63. The Balaban J connectivity index is 2.81. The van der Waals surface area contributed by atoms with E-state index in [4.69, 9.17) is 5.11 Å². The first-order valence-electron chi connectivity index (χ1n) is 6.51. The third kappa shape index (κ3) is 4.39. The van der Waals surface area contributed by atoms with Crippen molar-refractivity contribution >= 4 is 11.9 Å². The highest BCUT2D eigenvalue weighted by atomic mass is 16.4. The van der Waals surface area contributed by atoms with Crippen molar-refractivity contribution in [2.24, 2.45) is 0 Å². The number of rotatable bonds is 7. The smallest absolute Gasteiger partial charge is 0.303 e. The molecule has 0 aromatic heterocycles. The second-order valence-electron chi connectivity index (χ2n) is 4.63. The zero-order valence-corrected chi connectivity index (χ0v) is 11.1. The molecule has 0 saturated heterocycles. The number of hydrogen-bond acceptors (Lipinski definition) is 2. The van der Waals surface area contributed by atoms with E-state index in [0.29, 0.717) is 6.42 Å². The van der Waals surface area contributed by atoms with Gasteiger partial charge < -0.3 is 10.0 Å². The number of amides is 1. The van der Waals surface area contributed by atoms with Crippen LogP contribution in [0.5, 0.6) is 0 Å². The summed E-state index contributed by atoms with van der Waals surface area (Å²) in [4.78, 5) is 24.6. The normalized spacial score (nSPS) is 22.0. The van der Waals surface area contributed by atoms with Crippen LogP contribution in [0.3, 0.4) is 0 Å². The summed E-state index contributed by atoms with van der Waals surface area (Å²) < 4.78 is 0. The highest BCUT2D eigenvalue weighted by molar-refractivity contribution is 5.81. The van der Waals surface area contributed by atoms with Gasteiger partial charge in [0, 0.05) is 12.5 Å². The van der Waals surface area contributed by atoms with Gasteiger partial charge in [0.2, 0.25) is 5.91 Å². The van der Waals surface area contributed by atoms with Crippen molar-refractivity contribution < 1.29 is 14.7 Å². The van der Waals surface area contributed by atoms with E-state index in [2.05, 4.69) is 19.2 Å². The number of aliphatic carboxylic acids is 1. The molecule has 0 fully saturated rings. The SMILES string of the molecule is C=CCC1C=CCC(CC=C)N1C(=O)CCC(=O)O. The van der Waals surface area contributed by atoms with Crippen molar-refractivity contribution in [2.45, 2.75) is 44.2 Å². The molecule has 1 rings (SSSR count). The minimum Gasteiger partial charge on any atom is -0.481 e. The van der Waals surface area contributed by atoms with E-state index in [1.54, 1.807) is 17.1 Å². The third-order valence-corrected chi connectivity index (χ3v) is 3.20. The first-order valence-corrected chi connectivity index (χ1v) is 6.51. The Morgan fingerprint density at radius 2 is 1.95 bits per heavy atom. The minimum absolute atomic E-state index is 0.0162. The Kier molecular flexibility index (Phi) is 6.06. The number of nitrogens with zero attached hydrogens (tertiary/aromatic N) is 1. The molecule has 1 heterocycles. The predicted octanol–water partition coefficient (Wildman–Crippen LogP) is 2.53. The Bertz CT molecular complexity index is 387. The van der Waals surface area contributed by atoms with Gasteiger partial charge in [-0.05, 0) is 19.3 Å². The molecule has 1 aliphatic heterocycles. The number of carboxylic acids is 1. The van der Waals surface area contributed by atoms with Crippen LogP contribution in [0.25, 0.3) is 0 Å². The average molecular weight is 263 g/mol. The van der Waals surface area contributed by atoms with Crippen LogP contribution >= 0.6 is 0 Å². The zero-order chi connectivity index (χ0) is 14.3. The fourth-order valence-corrected chi connectivity index (χ4v) is 2.37. The largest absolute Gasteiger partial charge is 0.481 e. The van der Waals surface area contributed by atoms with Crippen LogP contribution in [0.4, 0.5) is 0 Å². The van der Waals surface area contributed by atoms with Gasteiger partial charge in [-0.25, -0.2) is 0 Å². The van der Waals surface area contributed by atoms with Crippen LogP contribution in [-0.4, -0.2) is 34.0 Å². The maximum atomic E-state index is 12.2. The van der Waals surface area contributed by atoms with E-state index in [9.17, 15) is 9.59 Å². The molecule has 0 aliphatic carbocycles. The lowest BCUT2D eigenvalue weighted by molar-refractivity contribution is -0.142. The van der Waals surface area contributed by atoms with Crippen LogP contribution in [0.15, 0.2) is 37.5 Å². The Labute approximate surface area is 114 Å². The molecule has 0 radical (unpaired) electrons. The number of hydrogen-bond donors (Lipinski definition) is 1. The Morgan fingerprint density at radius 1 is 1.26 bits per heavy atom. The Morgan fingerprint density at radius 3 is 2.53 bits per heavy atom. The van der Waals surface area contributed by atoms with E-state index >= 15 is 0 Å². The highest BCUT2D eigenvalue weighted by Gasteiger charge is 2.29. The molecular weight excluding hydrogens is 242 g/mol. The van der Waals surface area contributed by atoms with E-state index in [1.165, 1.54) is 0 Å². The van der Waals surface area contributed by atoms with Crippen molar-refractivity contribution in [3.05, 3.63) is 37.5 Å². The van der Waals surface area contributed by atoms with Crippen molar-refractivity contribution in [1.29, 1.82) is 0 Å². The van der Waals surface area contributed by atoms with Gasteiger partial charge in [-0.3, -0.25) is 9.59 Å². The standard InChI is InChI=1S/C15H21NO3/c1-3-6-12-8-5-9-13(7-4-2)16(12)14(17)10-11-15(18)19/h3-5,8,12-13H,1-2,6-7,9-11H2,(H,18,19). The minimum atomic E-state index is -0.943. The summed E-state index contributed by atoms with van der Waals surface area (Å²) >= 11 is 0. The maximum Gasteiger partial charge on any atom is 0.303 e. The molecule has 0 spiro atoms. The highest BCUT2D eigenvalue weighted by Crippen LogP contribution is 2.23. The van der Waals surface area contributed by atoms with Gasteiger partial charge >= 0.3 is 5.97 Å². The number of carbonyl (C=O) groups is 2. The molecule has 0 aromatic rings. The van der Waals surface area contributed by atoms with E-state index in [0.717, 1.165) is 12.8 Å². The summed E-state index contributed by atoms with van der Waals surface area (Å²) in [6, 6.07) is 0.0613. The van der Waals surface area contributed by atoms with E-state index in [1.807, 2.05) is 6.08 Å². The molecular formula is C15H21NO3. The molecule has 0 saturated carbocycles. The van der Waals surface area contributed by atoms with Gasteiger partial charge in [-0.15, -0.1) is 13.2 Å². The van der Waals surface area contributed by atoms with Gasteiger partial charge in [-0.1, -0.05) is 24.3 Å². The molecule has 2 atom stereocenters. The van der Waals surface area contributed by atoms with Crippen LogP contribution < -0.4 is 0 Å². The van der Waals surface area contributed by atoms with Crippen molar-refractivity contribution in [3.8, 4) is 0 Å². The average Bonchev–Trinajstić information content (AvgIpc) is 2.37. The first kappa shape index (κ1) is 15.2. The first-order chi connectivity index (χ1) is 9.10. The lowest BCUT2D eigenvalue weighted by Gasteiger charge is -2.39. The summed E-state index contributed by atoms with van der Waals surface area (Å²) in [5.41, 5.74) is 0. The monoisotopic (exact) mass is 263 g/mol. The van der Waals surface area contributed by atoms with E-state index < -0.39 is 5.97 Å². The van der Waals surface area contributed by atoms with Crippen LogP contribution in [0.1, 0.15) is 32.1 Å². The maximum absolute atomic E-state index is 12.2. The molecule has 0 bridgehead atoms. The lowest BCUT2D eigenvalue weighted by Crippen LogP contribution is -2.48. The quantitative estimate of drug-likeness (QED) is 0.718. The molecule has 104 valence electrons. The summed E-state index contributed by atoms with van der Waals surface area (Å²) in [5, 5.41) is 8.68. The summed E-state index contributed by atoms with van der Waals surface area (Å²) in [6.45, 7) is 7.43. The molecule has 1 aliphatic rings. The van der Waals surface area contributed by atoms with Crippen LogP contribution in [0, 0.1) is 0 Å². The lowest BCUT2D eigenvalue weighted by atomic mass is 9.97. The number of carboxylic acid groups (broad SMARTS) is 1. The molecule has 2 unspecified atom stereocenters. The van der Waals surface area contributed by atoms with Gasteiger partial charge in [0.05, 0.1) is 12.5 Å². The third-order valence-electron chi connectivity index (χ3n) is 3.20. The Hall–Kier alpha value is -1.84. The van der Waals surface area contributed by atoms with Gasteiger partial charge in [0.1, 0.15) is 0 Å². The summed E-state index contributed by atoms with van der Waals surface area (Å²) in [5.74, 6) is -1.05. The topological polar surface area (TPSA) is 57.6 Å². The van der Waals surface area contributed by atoms with Gasteiger partial charge in [0.15, 0.2) is 0 Å².